The van der Waals surface area contributed by atoms with E-state index in [4.69, 9.17) is 10.2 Å². The predicted molar refractivity (Wildman–Crippen MR) is 252 cm³/mol. The quantitative estimate of drug-likeness (QED) is 0.131. The second-order valence-corrected chi connectivity index (χ2v) is 19.7. The Morgan fingerprint density at radius 3 is 1.39 bits per heavy atom. The molecule has 0 saturated carbocycles. The number of nitrogens with zero attached hydrogens (tertiary/aromatic N) is 3. The average molecular weight is 778 g/mol. The summed E-state index contributed by atoms with van der Waals surface area (Å²) in [6.45, 7) is 25.1. The molecule has 0 bridgehead atoms. The molecule has 0 unspecified atom stereocenters. The monoisotopic (exact) mass is 778 g/mol. The summed E-state index contributed by atoms with van der Waals surface area (Å²) in [6.07, 6.45) is 3.30. The highest BCUT2D eigenvalue weighted by atomic mass is 15.3. The van der Waals surface area contributed by atoms with Gasteiger partial charge in [0, 0.05) is 22.1 Å². The van der Waals surface area contributed by atoms with Crippen molar-refractivity contribution < 1.29 is 0 Å². The highest BCUT2D eigenvalue weighted by Crippen LogP contribution is 2.39. The third-order valence-electron chi connectivity index (χ3n) is 12.3. The fourth-order valence-corrected chi connectivity index (χ4v) is 8.22. The normalized spacial score (nSPS) is 12.5. The first-order valence-electron chi connectivity index (χ1n) is 21.6. The van der Waals surface area contributed by atoms with Gasteiger partial charge in [-0.05, 0) is 109 Å². The van der Waals surface area contributed by atoms with Crippen LogP contribution in [0.3, 0.4) is 0 Å². The first-order chi connectivity index (χ1) is 28.0. The number of unbranched alkanes of at least 4 members (excludes halogenated alkanes) is 1. The third kappa shape index (κ3) is 8.91. The molecule has 7 aromatic rings. The van der Waals surface area contributed by atoms with Gasteiger partial charge < -0.3 is 0 Å². The van der Waals surface area contributed by atoms with E-state index in [1.807, 2.05) is 0 Å². The molecule has 59 heavy (non-hydrogen) atoms. The van der Waals surface area contributed by atoms with E-state index < -0.39 is 0 Å². The van der Waals surface area contributed by atoms with Crippen LogP contribution in [0.1, 0.15) is 124 Å². The van der Waals surface area contributed by atoms with E-state index in [1.165, 1.54) is 50.1 Å². The number of hydrogen-bond acceptors (Lipinski definition) is 2. The van der Waals surface area contributed by atoms with Crippen LogP contribution in [0, 0.1) is 0 Å². The molecule has 1 aromatic heterocycles. The summed E-state index contributed by atoms with van der Waals surface area (Å²) < 4.78 is 2.31. The summed E-state index contributed by atoms with van der Waals surface area (Å²) >= 11 is 0. The molecule has 0 aliphatic carbocycles. The van der Waals surface area contributed by atoms with Gasteiger partial charge in [-0.1, -0.05) is 198 Å². The molecule has 7 rings (SSSR count). The van der Waals surface area contributed by atoms with Crippen LogP contribution < -0.4 is 0 Å². The van der Waals surface area contributed by atoms with Gasteiger partial charge in [-0.3, -0.25) is 4.57 Å². The zero-order chi connectivity index (χ0) is 42.2. The molecule has 0 N–H and O–H groups in total. The third-order valence-corrected chi connectivity index (χ3v) is 12.3. The van der Waals surface area contributed by atoms with Crippen molar-refractivity contribution in [1.82, 2.24) is 14.8 Å². The Bertz CT molecular complexity index is 2430. The zero-order valence-electron chi connectivity index (χ0n) is 37.3. The number of hydrogen-bond donors (Lipinski definition) is 0. The van der Waals surface area contributed by atoms with Crippen molar-refractivity contribution in [2.75, 3.05) is 0 Å². The van der Waals surface area contributed by atoms with Crippen LogP contribution in [0.4, 0.5) is 0 Å². The molecular weight excluding hydrogens is 715 g/mol. The first-order valence-corrected chi connectivity index (χ1v) is 21.6. The van der Waals surface area contributed by atoms with Gasteiger partial charge in [0.2, 0.25) is 0 Å². The lowest BCUT2D eigenvalue weighted by Crippen LogP contribution is -2.23. The number of benzene rings is 6. The van der Waals surface area contributed by atoms with Crippen molar-refractivity contribution in [3.05, 3.63) is 174 Å². The van der Waals surface area contributed by atoms with Crippen molar-refractivity contribution >= 4 is 0 Å². The summed E-state index contributed by atoms with van der Waals surface area (Å²) in [4.78, 5) is 0. The van der Waals surface area contributed by atoms with Gasteiger partial charge in [0.1, 0.15) is 5.82 Å². The smallest absolute Gasteiger partial charge is 0.168 e. The first kappa shape index (κ1) is 41.6. The average Bonchev–Trinajstić information content (AvgIpc) is 3.69. The Morgan fingerprint density at radius 1 is 0.424 bits per heavy atom. The van der Waals surface area contributed by atoms with Crippen molar-refractivity contribution in [2.24, 2.45) is 0 Å². The highest BCUT2D eigenvalue weighted by Gasteiger charge is 2.30. The molecule has 6 aromatic carbocycles. The summed E-state index contributed by atoms with van der Waals surface area (Å²) in [5, 5.41) is 9.97. The van der Waals surface area contributed by atoms with E-state index >= 15 is 0 Å². The van der Waals surface area contributed by atoms with Crippen LogP contribution in [-0.2, 0) is 21.7 Å². The van der Waals surface area contributed by atoms with Gasteiger partial charge in [0.05, 0.1) is 0 Å². The minimum Gasteiger partial charge on any atom is -0.279 e. The molecule has 0 saturated heterocycles. The van der Waals surface area contributed by atoms with E-state index in [9.17, 15) is 0 Å². The molecule has 3 nitrogen and oxygen atoms in total. The molecule has 1 heterocycles. The van der Waals surface area contributed by atoms with Gasteiger partial charge in [-0.2, -0.15) is 0 Å². The van der Waals surface area contributed by atoms with Gasteiger partial charge in [-0.15, -0.1) is 10.2 Å². The van der Waals surface area contributed by atoms with Gasteiger partial charge in [-0.25, -0.2) is 0 Å². The van der Waals surface area contributed by atoms with Crippen LogP contribution in [-0.4, -0.2) is 14.8 Å². The molecule has 0 atom stereocenters. The van der Waals surface area contributed by atoms with E-state index in [-0.39, 0.29) is 21.7 Å². The molecule has 0 spiro atoms. The highest BCUT2D eigenvalue weighted by molar-refractivity contribution is 5.82. The molecule has 0 amide bonds. The summed E-state index contributed by atoms with van der Waals surface area (Å²) in [5.41, 5.74) is 14.3. The van der Waals surface area contributed by atoms with Crippen LogP contribution in [0.25, 0.3) is 50.5 Å². The van der Waals surface area contributed by atoms with Crippen LogP contribution in [0.15, 0.2) is 146 Å². The van der Waals surface area contributed by atoms with E-state index in [1.54, 1.807) is 0 Å². The lowest BCUT2D eigenvalue weighted by molar-refractivity contribution is 0.425. The van der Waals surface area contributed by atoms with Crippen molar-refractivity contribution in [3.63, 3.8) is 0 Å². The maximum atomic E-state index is 4.99. The fraction of sp³-hybridized carbons (Fsp3) is 0.321. The van der Waals surface area contributed by atoms with E-state index in [0.717, 1.165) is 47.7 Å². The van der Waals surface area contributed by atoms with Crippen molar-refractivity contribution in [3.8, 4) is 50.5 Å². The second-order valence-electron chi connectivity index (χ2n) is 19.7. The van der Waals surface area contributed by atoms with Crippen LogP contribution in [0.2, 0.25) is 0 Å². The molecule has 3 heteroatoms. The fourth-order valence-electron chi connectivity index (χ4n) is 8.22. The second kappa shape index (κ2) is 16.3. The molecule has 302 valence electrons. The summed E-state index contributed by atoms with van der Waals surface area (Å²) in [6, 6.07) is 54.0. The Labute approximate surface area is 354 Å². The molecule has 0 aliphatic heterocycles. The minimum atomic E-state index is -0.171. The van der Waals surface area contributed by atoms with Gasteiger partial charge >= 0.3 is 0 Å². The summed E-state index contributed by atoms with van der Waals surface area (Å²) in [7, 11) is 0. The SMILES string of the molecule is CCCCC(C)(C)c1nnc(-c2cccc(-c3cc(-c4ccc(C(C)(C)C)cc4)cc(-c4ccc(C(C)(C)C)cc4)c3)c2)n1-c1ccc(C(C)(C)c2ccccc2)cc1. The number of aromatic nitrogens is 3. The topological polar surface area (TPSA) is 30.7 Å². The Balaban J connectivity index is 1.34. The van der Waals surface area contributed by atoms with Gasteiger partial charge in [0.15, 0.2) is 5.82 Å². The molecular formula is C56H63N3. The molecule has 0 fully saturated rings. The number of rotatable bonds is 11. The molecule has 0 radical (unpaired) electrons. The Morgan fingerprint density at radius 2 is 0.881 bits per heavy atom. The molecule has 0 aliphatic rings. The largest absolute Gasteiger partial charge is 0.279 e. The van der Waals surface area contributed by atoms with Gasteiger partial charge in [0.25, 0.3) is 0 Å². The van der Waals surface area contributed by atoms with Crippen molar-refractivity contribution in [2.45, 2.75) is 117 Å². The lowest BCUT2D eigenvalue weighted by Gasteiger charge is -2.27. The maximum absolute atomic E-state index is 4.99. The summed E-state index contributed by atoms with van der Waals surface area (Å²) in [5.74, 6) is 1.84. The zero-order valence-corrected chi connectivity index (χ0v) is 37.3. The van der Waals surface area contributed by atoms with Crippen LogP contribution >= 0.6 is 0 Å². The maximum Gasteiger partial charge on any atom is 0.168 e. The Hall–Kier alpha value is -5.54. The lowest BCUT2D eigenvalue weighted by atomic mass is 9.78. The minimum absolute atomic E-state index is 0.0905. The predicted octanol–water partition coefficient (Wildman–Crippen LogP) is 15.3. The van der Waals surface area contributed by atoms with E-state index in [2.05, 4.69) is 226 Å². The Kier molecular flexibility index (Phi) is 11.5. The van der Waals surface area contributed by atoms with E-state index in [0.29, 0.717) is 0 Å². The van der Waals surface area contributed by atoms with Crippen LogP contribution in [0.5, 0.6) is 0 Å². The standard InChI is InChI=1S/C56H63N3/c1-12-13-34-55(8,9)52-58-57-51(59(52)50-32-30-49(31-33-50)56(10,11)48-20-15-14-16-21-48)42-19-17-18-41(35-42)45-37-43(39-22-26-46(27-23-39)53(2,3)4)36-44(38-45)40-24-28-47(29-25-40)54(5,6)7/h14-33,35-38H,12-13,34H2,1-11H3. The van der Waals surface area contributed by atoms with Crippen molar-refractivity contribution in [1.29, 1.82) is 0 Å².